The molecule has 4 rings (SSSR count). The summed E-state index contributed by atoms with van der Waals surface area (Å²) in [6.07, 6.45) is 1.65. The van der Waals surface area contributed by atoms with Crippen molar-refractivity contribution in [3.63, 3.8) is 0 Å². The summed E-state index contributed by atoms with van der Waals surface area (Å²) < 4.78 is 29.5. The van der Waals surface area contributed by atoms with Gasteiger partial charge in [0.15, 0.2) is 11.5 Å². The molecule has 0 radical (unpaired) electrons. The lowest BCUT2D eigenvalue weighted by molar-refractivity contribution is 0.0922. The molecule has 1 amide bonds. The molecule has 2 aromatic carbocycles. The van der Waals surface area contributed by atoms with Crippen LogP contribution in [0.5, 0.6) is 11.5 Å². The monoisotopic (exact) mass is 453 g/mol. The number of anilines is 1. The quantitative estimate of drug-likeness (QED) is 0.561. The van der Waals surface area contributed by atoms with Gasteiger partial charge in [0, 0.05) is 44.0 Å². The van der Waals surface area contributed by atoms with Gasteiger partial charge in [-0.1, -0.05) is 0 Å². The first-order valence-electron chi connectivity index (χ1n) is 10.9. The van der Waals surface area contributed by atoms with Crippen LogP contribution in [0.25, 0.3) is 0 Å². The number of rotatable bonds is 8. The Hall–Kier alpha value is -3.52. The number of carbonyl (C=O) groups is 1. The largest absolute Gasteiger partial charge is 0.493 e. The summed E-state index contributed by atoms with van der Waals surface area (Å²) in [7, 11) is 3.10. The van der Waals surface area contributed by atoms with Crippen molar-refractivity contribution in [1.29, 1.82) is 0 Å². The Balaban J connectivity index is 1.41. The number of ether oxygens (including phenoxy) is 2. The fourth-order valence-corrected chi connectivity index (χ4v) is 4.10. The van der Waals surface area contributed by atoms with E-state index in [2.05, 4.69) is 15.1 Å². The molecule has 1 atom stereocenters. The van der Waals surface area contributed by atoms with Crippen molar-refractivity contribution in [2.75, 3.05) is 51.8 Å². The molecule has 7 nitrogen and oxygen atoms in total. The number of hydrogen-bond acceptors (Lipinski definition) is 6. The Morgan fingerprint density at radius 1 is 1.03 bits per heavy atom. The predicted octanol–water partition coefficient (Wildman–Crippen LogP) is 3.73. The first kappa shape index (κ1) is 22.7. The van der Waals surface area contributed by atoms with Gasteiger partial charge in [-0.2, -0.15) is 0 Å². The molecule has 8 heteroatoms. The van der Waals surface area contributed by atoms with Crippen molar-refractivity contribution in [1.82, 2.24) is 10.2 Å². The first-order valence-corrected chi connectivity index (χ1v) is 10.9. The van der Waals surface area contributed by atoms with E-state index < -0.39 is 0 Å². The molecule has 0 bridgehead atoms. The average Bonchev–Trinajstić information content (AvgIpc) is 3.39. The van der Waals surface area contributed by atoms with E-state index in [1.807, 2.05) is 12.1 Å². The molecule has 33 heavy (non-hydrogen) atoms. The van der Waals surface area contributed by atoms with E-state index in [-0.39, 0.29) is 17.8 Å². The minimum absolute atomic E-state index is 0.0977. The van der Waals surface area contributed by atoms with Crippen LogP contribution in [0.15, 0.2) is 65.3 Å². The lowest BCUT2D eigenvalue weighted by Gasteiger charge is -2.39. The fourth-order valence-electron chi connectivity index (χ4n) is 4.10. The van der Waals surface area contributed by atoms with Gasteiger partial charge in [-0.3, -0.25) is 9.69 Å². The van der Waals surface area contributed by atoms with E-state index in [4.69, 9.17) is 13.9 Å². The van der Waals surface area contributed by atoms with Gasteiger partial charge in [0.2, 0.25) is 0 Å². The van der Waals surface area contributed by atoms with E-state index in [0.29, 0.717) is 23.6 Å². The van der Waals surface area contributed by atoms with Gasteiger partial charge in [0.1, 0.15) is 11.6 Å². The number of nitrogens with one attached hydrogen (secondary N) is 1. The first-order chi connectivity index (χ1) is 16.1. The maximum absolute atomic E-state index is 13.2. The Morgan fingerprint density at radius 3 is 2.39 bits per heavy atom. The van der Waals surface area contributed by atoms with Crippen LogP contribution in [0.1, 0.15) is 22.2 Å². The lowest BCUT2D eigenvalue weighted by Crippen LogP contribution is -2.49. The van der Waals surface area contributed by atoms with Gasteiger partial charge in [-0.25, -0.2) is 4.39 Å². The molecule has 2 heterocycles. The molecule has 0 aliphatic carbocycles. The lowest BCUT2D eigenvalue weighted by atomic mass is 10.1. The number of nitrogens with zero attached hydrogens (tertiary/aromatic N) is 2. The molecule has 0 saturated carbocycles. The smallest absolute Gasteiger partial charge is 0.251 e. The number of piperazine rings is 1. The standard InChI is InChI=1S/C25H28FN3O4/c1-31-23-10-5-18(16-24(23)32-2)25(30)27-17-21(22-4-3-15-33-22)29-13-11-28(12-14-29)20-8-6-19(26)7-9-20/h3-10,15-16,21H,11-14,17H2,1-2H3,(H,27,30)/t21-/m1/s1. The summed E-state index contributed by atoms with van der Waals surface area (Å²) in [6, 6.07) is 15.3. The van der Waals surface area contributed by atoms with E-state index in [1.54, 1.807) is 43.7 Å². The van der Waals surface area contributed by atoms with Gasteiger partial charge in [0.25, 0.3) is 5.91 Å². The van der Waals surface area contributed by atoms with Crippen molar-refractivity contribution in [3.8, 4) is 11.5 Å². The van der Waals surface area contributed by atoms with Crippen LogP contribution in [0.2, 0.25) is 0 Å². The maximum Gasteiger partial charge on any atom is 0.251 e. The number of halogens is 1. The third-order valence-electron chi connectivity index (χ3n) is 5.92. The van der Waals surface area contributed by atoms with E-state index in [0.717, 1.165) is 37.6 Å². The van der Waals surface area contributed by atoms with Gasteiger partial charge < -0.3 is 24.1 Å². The Labute approximate surface area is 192 Å². The highest BCUT2D eigenvalue weighted by atomic mass is 19.1. The van der Waals surface area contributed by atoms with Gasteiger partial charge in [-0.05, 0) is 54.6 Å². The molecular weight excluding hydrogens is 425 g/mol. The van der Waals surface area contributed by atoms with Gasteiger partial charge >= 0.3 is 0 Å². The SMILES string of the molecule is COc1ccc(C(=O)NC[C@H](c2ccco2)N2CCN(c3ccc(F)cc3)CC2)cc1OC. The van der Waals surface area contributed by atoms with Crippen LogP contribution in [-0.2, 0) is 0 Å². The van der Waals surface area contributed by atoms with Crippen molar-refractivity contribution in [2.45, 2.75) is 6.04 Å². The summed E-state index contributed by atoms with van der Waals surface area (Å²) in [4.78, 5) is 17.4. The number of hydrogen-bond donors (Lipinski definition) is 1. The second kappa shape index (κ2) is 10.4. The van der Waals surface area contributed by atoms with Crippen molar-refractivity contribution < 1.29 is 23.1 Å². The molecule has 1 aliphatic rings. The van der Waals surface area contributed by atoms with Crippen molar-refractivity contribution in [3.05, 3.63) is 78.0 Å². The number of carbonyl (C=O) groups excluding carboxylic acids is 1. The van der Waals surface area contributed by atoms with E-state index >= 15 is 0 Å². The molecular formula is C25H28FN3O4. The van der Waals surface area contributed by atoms with Crippen LogP contribution >= 0.6 is 0 Å². The molecule has 1 saturated heterocycles. The summed E-state index contributed by atoms with van der Waals surface area (Å²) in [5.74, 6) is 1.45. The number of amides is 1. The highest BCUT2D eigenvalue weighted by molar-refractivity contribution is 5.94. The minimum Gasteiger partial charge on any atom is -0.493 e. The predicted molar refractivity (Wildman–Crippen MR) is 124 cm³/mol. The fraction of sp³-hybridized carbons (Fsp3) is 0.320. The second-order valence-electron chi connectivity index (χ2n) is 7.81. The highest BCUT2D eigenvalue weighted by Crippen LogP contribution is 2.28. The summed E-state index contributed by atoms with van der Waals surface area (Å²) in [6.45, 7) is 3.57. The molecule has 1 N–H and O–H groups in total. The van der Waals surface area contributed by atoms with Crippen LogP contribution < -0.4 is 19.7 Å². The molecule has 1 fully saturated rings. The van der Waals surface area contributed by atoms with E-state index in [9.17, 15) is 9.18 Å². The van der Waals surface area contributed by atoms with Crippen molar-refractivity contribution >= 4 is 11.6 Å². The van der Waals surface area contributed by atoms with Crippen LogP contribution in [-0.4, -0.2) is 57.8 Å². The molecule has 3 aromatic rings. The third-order valence-corrected chi connectivity index (χ3v) is 5.92. The zero-order valence-corrected chi connectivity index (χ0v) is 18.8. The molecule has 1 aliphatic heterocycles. The van der Waals surface area contributed by atoms with Crippen molar-refractivity contribution in [2.24, 2.45) is 0 Å². The third kappa shape index (κ3) is 5.28. The highest BCUT2D eigenvalue weighted by Gasteiger charge is 2.27. The Bertz CT molecular complexity index is 1050. The molecule has 0 spiro atoms. The van der Waals surface area contributed by atoms with Gasteiger partial charge in [-0.15, -0.1) is 0 Å². The number of furan rings is 1. The van der Waals surface area contributed by atoms with E-state index in [1.165, 1.54) is 19.2 Å². The van der Waals surface area contributed by atoms with Crippen LogP contribution in [0.3, 0.4) is 0 Å². The average molecular weight is 454 g/mol. The van der Waals surface area contributed by atoms with Gasteiger partial charge in [0.05, 0.1) is 26.5 Å². The molecule has 174 valence electrons. The van der Waals surface area contributed by atoms with Crippen LogP contribution in [0.4, 0.5) is 10.1 Å². The summed E-state index contributed by atoms with van der Waals surface area (Å²) >= 11 is 0. The molecule has 1 aromatic heterocycles. The Morgan fingerprint density at radius 2 is 1.76 bits per heavy atom. The summed E-state index contributed by atoms with van der Waals surface area (Å²) in [5, 5.41) is 3.03. The number of methoxy groups -OCH3 is 2. The molecule has 0 unspecified atom stereocenters. The number of benzene rings is 2. The van der Waals surface area contributed by atoms with Crippen LogP contribution in [0, 0.1) is 5.82 Å². The second-order valence-corrected chi connectivity index (χ2v) is 7.81. The zero-order chi connectivity index (χ0) is 23.2. The summed E-state index contributed by atoms with van der Waals surface area (Å²) in [5.41, 5.74) is 1.50. The zero-order valence-electron chi connectivity index (χ0n) is 18.8. The normalized spacial score (nSPS) is 15.2. The Kier molecular flexibility index (Phi) is 7.14. The minimum atomic E-state index is -0.236. The maximum atomic E-state index is 13.2. The topological polar surface area (TPSA) is 67.2 Å².